The summed E-state index contributed by atoms with van der Waals surface area (Å²) in [4.78, 5) is 14.6. The number of nitrogens with one attached hydrogen (secondary N) is 1. The van der Waals surface area contributed by atoms with Gasteiger partial charge in [-0.3, -0.25) is 4.79 Å². The van der Waals surface area contributed by atoms with Crippen LogP contribution < -0.4 is 10.1 Å². The highest BCUT2D eigenvalue weighted by Crippen LogP contribution is 2.20. The molecule has 24 heavy (non-hydrogen) atoms. The Hall–Kier alpha value is -2.33. The van der Waals surface area contributed by atoms with Crippen LogP contribution in [0, 0.1) is 6.92 Å². The Morgan fingerprint density at radius 2 is 1.88 bits per heavy atom. The third-order valence-electron chi connectivity index (χ3n) is 4.00. The molecule has 1 N–H and O–H groups in total. The maximum atomic E-state index is 12.5. The van der Waals surface area contributed by atoms with Crippen molar-refractivity contribution in [3.05, 3.63) is 65.2 Å². The Kier molecular flexibility index (Phi) is 6.38. The lowest BCUT2D eigenvalue weighted by molar-refractivity contribution is 0.0942. The molecule has 2 aromatic carbocycles. The largest absolute Gasteiger partial charge is 0.494 e. The van der Waals surface area contributed by atoms with E-state index < -0.39 is 0 Å². The Morgan fingerprint density at radius 1 is 1.17 bits per heavy atom. The summed E-state index contributed by atoms with van der Waals surface area (Å²) in [5.74, 6) is 0.758. The number of carbonyl (C=O) groups excluding carboxylic acids is 1. The zero-order valence-corrected chi connectivity index (χ0v) is 14.9. The van der Waals surface area contributed by atoms with Gasteiger partial charge in [-0.05, 0) is 57.3 Å². The fourth-order valence-electron chi connectivity index (χ4n) is 2.67. The summed E-state index contributed by atoms with van der Waals surface area (Å²) in [6.07, 6.45) is 0. The molecule has 2 rings (SSSR count). The van der Waals surface area contributed by atoms with Gasteiger partial charge in [-0.25, -0.2) is 0 Å². The number of hydrogen-bond acceptors (Lipinski definition) is 3. The minimum atomic E-state index is -0.0658. The predicted octanol–water partition coefficient (Wildman–Crippen LogP) is 3.43. The minimum absolute atomic E-state index is 0.0658. The van der Waals surface area contributed by atoms with E-state index in [0.717, 1.165) is 11.3 Å². The molecule has 0 fully saturated rings. The molecule has 0 radical (unpaired) electrons. The summed E-state index contributed by atoms with van der Waals surface area (Å²) < 4.78 is 5.52. The molecule has 0 bridgehead atoms. The van der Waals surface area contributed by atoms with Crippen molar-refractivity contribution in [3.8, 4) is 5.75 Å². The van der Waals surface area contributed by atoms with Gasteiger partial charge in [-0.15, -0.1) is 0 Å². The van der Waals surface area contributed by atoms with E-state index in [1.807, 2.05) is 58.3 Å². The van der Waals surface area contributed by atoms with Crippen LogP contribution in [-0.2, 0) is 0 Å². The van der Waals surface area contributed by atoms with E-state index in [-0.39, 0.29) is 11.9 Å². The Balaban J connectivity index is 2.05. The molecule has 0 saturated carbocycles. The average Bonchev–Trinajstić information content (AvgIpc) is 2.57. The quantitative estimate of drug-likeness (QED) is 0.847. The van der Waals surface area contributed by atoms with Crippen LogP contribution in [0.2, 0.25) is 0 Å². The predicted molar refractivity (Wildman–Crippen MR) is 97.6 cm³/mol. The highest BCUT2D eigenvalue weighted by molar-refractivity contribution is 5.94. The van der Waals surface area contributed by atoms with Crippen molar-refractivity contribution in [3.63, 3.8) is 0 Å². The smallest absolute Gasteiger partial charge is 0.251 e. The van der Waals surface area contributed by atoms with Crippen molar-refractivity contribution in [1.82, 2.24) is 10.2 Å². The second kappa shape index (κ2) is 8.50. The normalized spacial score (nSPS) is 12.0. The number of amides is 1. The van der Waals surface area contributed by atoms with Crippen molar-refractivity contribution in [2.24, 2.45) is 0 Å². The summed E-state index contributed by atoms with van der Waals surface area (Å²) >= 11 is 0. The van der Waals surface area contributed by atoms with Crippen LogP contribution in [-0.4, -0.2) is 38.1 Å². The number of ether oxygens (including phenoxy) is 1. The molecule has 4 nitrogen and oxygen atoms in total. The number of rotatable bonds is 7. The van der Waals surface area contributed by atoms with E-state index in [1.54, 1.807) is 6.07 Å². The van der Waals surface area contributed by atoms with Crippen molar-refractivity contribution < 1.29 is 9.53 Å². The van der Waals surface area contributed by atoms with Crippen molar-refractivity contribution in [2.75, 3.05) is 27.2 Å². The lowest BCUT2D eigenvalue weighted by Crippen LogP contribution is -2.34. The average molecular weight is 326 g/mol. The Bertz CT molecular complexity index is 669. The third kappa shape index (κ3) is 4.59. The van der Waals surface area contributed by atoms with Crippen molar-refractivity contribution in [1.29, 1.82) is 0 Å². The highest BCUT2D eigenvalue weighted by atomic mass is 16.5. The van der Waals surface area contributed by atoms with E-state index in [4.69, 9.17) is 4.74 Å². The van der Waals surface area contributed by atoms with E-state index in [1.165, 1.54) is 5.56 Å². The third-order valence-corrected chi connectivity index (χ3v) is 4.00. The number of aryl methyl sites for hydroxylation is 1. The lowest BCUT2D eigenvalue weighted by Gasteiger charge is -2.25. The topological polar surface area (TPSA) is 41.6 Å². The molecule has 0 aromatic heterocycles. The lowest BCUT2D eigenvalue weighted by atomic mass is 10.1. The highest BCUT2D eigenvalue weighted by Gasteiger charge is 2.16. The molecule has 0 heterocycles. The van der Waals surface area contributed by atoms with Gasteiger partial charge < -0.3 is 15.0 Å². The number of benzene rings is 2. The van der Waals surface area contributed by atoms with E-state index >= 15 is 0 Å². The Morgan fingerprint density at radius 3 is 2.46 bits per heavy atom. The molecule has 2 aromatic rings. The van der Waals surface area contributed by atoms with Crippen LogP contribution in [0.25, 0.3) is 0 Å². The van der Waals surface area contributed by atoms with E-state index in [2.05, 4.69) is 22.3 Å². The molecule has 0 aliphatic heterocycles. The molecule has 0 spiro atoms. The van der Waals surface area contributed by atoms with Gasteiger partial charge in [0, 0.05) is 12.1 Å². The second-order valence-electron chi connectivity index (χ2n) is 6.01. The minimum Gasteiger partial charge on any atom is -0.494 e. The summed E-state index contributed by atoms with van der Waals surface area (Å²) in [7, 11) is 4.04. The van der Waals surface area contributed by atoms with E-state index in [0.29, 0.717) is 18.7 Å². The maximum Gasteiger partial charge on any atom is 0.251 e. The molecule has 1 unspecified atom stereocenters. The SMILES string of the molecule is CCOc1ccc(C(=O)NCC(c2ccccc2)N(C)C)cc1C. The summed E-state index contributed by atoms with van der Waals surface area (Å²) in [5, 5.41) is 3.04. The van der Waals surface area contributed by atoms with Crippen LogP contribution in [0.3, 0.4) is 0 Å². The van der Waals surface area contributed by atoms with Gasteiger partial charge in [-0.2, -0.15) is 0 Å². The standard InChI is InChI=1S/C20H26N2O2/c1-5-24-19-12-11-17(13-15(19)2)20(23)21-14-18(22(3)4)16-9-7-6-8-10-16/h6-13,18H,5,14H2,1-4H3,(H,21,23). The van der Waals surface area contributed by atoms with Crippen LogP contribution in [0.4, 0.5) is 0 Å². The van der Waals surface area contributed by atoms with Crippen LogP contribution in [0.1, 0.15) is 34.5 Å². The molecule has 0 saturated heterocycles. The van der Waals surface area contributed by atoms with Gasteiger partial charge in [0.2, 0.25) is 0 Å². The molecule has 4 heteroatoms. The summed E-state index contributed by atoms with van der Waals surface area (Å²) in [5.41, 5.74) is 2.81. The van der Waals surface area contributed by atoms with Crippen molar-refractivity contribution in [2.45, 2.75) is 19.9 Å². The number of hydrogen-bond donors (Lipinski definition) is 1. The molecule has 1 atom stereocenters. The van der Waals surface area contributed by atoms with Gasteiger partial charge >= 0.3 is 0 Å². The molecule has 1 amide bonds. The first kappa shape index (κ1) is 18.0. The fraction of sp³-hybridized carbons (Fsp3) is 0.350. The monoisotopic (exact) mass is 326 g/mol. The maximum absolute atomic E-state index is 12.5. The zero-order chi connectivity index (χ0) is 17.5. The second-order valence-corrected chi connectivity index (χ2v) is 6.01. The van der Waals surface area contributed by atoms with E-state index in [9.17, 15) is 4.79 Å². The van der Waals surface area contributed by atoms with Crippen LogP contribution >= 0.6 is 0 Å². The molecule has 128 valence electrons. The molecular weight excluding hydrogens is 300 g/mol. The molecule has 0 aliphatic rings. The molecule has 0 aliphatic carbocycles. The van der Waals surface area contributed by atoms with Gasteiger partial charge in [0.05, 0.1) is 12.6 Å². The summed E-state index contributed by atoms with van der Waals surface area (Å²) in [6.45, 7) is 5.08. The molecular formula is C20H26N2O2. The number of likely N-dealkylation sites (N-methyl/N-ethyl adjacent to an activating group) is 1. The Labute approximate surface area is 144 Å². The summed E-state index contributed by atoms with van der Waals surface area (Å²) in [6, 6.07) is 15.9. The van der Waals surface area contributed by atoms with Gasteiger partial charge in [-0.1, -0.05) is 30.3 Å². The zero-order valence-electron chi connectivity index (χ0n) is 14.9. The fourth-order valence-corrected chi connectivity index (χ4v) is 2.67. The van der Waals surface area contributed by atoms with Gasteiger partial charge in [0.25, 0.3) is 5.91 Å². The van der Waals surface area contributed by atoms with Crippen molar-refractivity contribution >= 4 is 5.91 Å². The van der Waals surface area contributed by atoms with Crippen LogP contribution in [0.5, 0.6) is 5.75 Å². The van der Waals surface area contributed by atoms with Crippen LogP contribution in [0.15, 0.2) is 48.5 Å². The number of carbonyl (C=O) groups is 1. The van der Waals surface area contributed by atoms with Gasteiger partial charge in [0.1, 0.15) is 5.75 Å². The number of nitrogens with zero attached hydrogens (tertiary/aromatic N) is 1. The first-order valence-corrected chi connectivity index (χ1v) is 8.26. The van der Waals surface area contributed by atoms with Gasteiger partial charge in [0.15, 0.2) is 0 Å². The first-order chi connectivity index (χ1) is 11.5. The first-order valence-electron chi connectivity index (χ1n) is 8.26.